The second-order valence-corrected chi connectivity index (χ2v) is 6.02. The Balaban J connectivity index is 0.00000180. The Morgan fingerprint density at radius 2 is 1.84 bits per heavy atom. The maximum Gasteiger partial charge on any atom is 0.157 e. The number of carbonyl (C=O) groups excluding carboxylic acids is 1. The molecule has 0 saturated heterocycles. The predicted octanol–water partition coefficient (Wildman–Crippen LogP) is 4.37. The quantitative estimate of drug-likeness (QED) is 0.827. The second-order valence-electron chi connectivity index (χ2n) is 5.11. The summed E-state index contributed by atoms with van der Waals surface area (Å²) in [7, 11) is 3.94. The lowest BCUT2D eigenvalue weighted by molar-refractivity contribution is -0.126. The minimum absolute atomic E-state index is 0. The van der Waals surface area contributed by atoms with Crippen molar-refractivity contribution in [3.63, 3.8) is 0 Å². The molecular formula is C16H23NOS. The van der Waals surface area contributed by atoms with Gasteiger partial charge in [-0.3, -0.25) is 9.69 Å². The first-order valence-electron chi connectivity index (χ1n) is 6.18. The van der Waals surface area contributed by atoms with E-state index in [1.807, 2.05) is 45.0 Å². The molecule has 3 heteroatoms. The molecule has 1 atom stereocenters. The predicted molar refractivity (Wildman–Crippen MR) is 84.8 cm³/mol. The summed E-state index contributed by atoms with van der Waals surface area (Å²) >= 11 is 1.71. The third-order valence-corrected chi connectivity index (χ3v) is 4.14. The van der Waals surface area contributed by atoms with Crippen LogP contribution in [0.5, 0.6) is 0 Å². The van der Waals surface area contributed by atoms with Crippen molar-refractivity contribution in [2.45, 2.75) is 27.3 Å². The van der Waals surface area contributed by atoms with Crippen LogP contribution in [0.15, 0.2) is 29.6 Å². The molecule has 0 aliphatic rings. The summed E-state index contributed by atoms with van der Waals surface area (Å²) in [4.78, 5) is 14.4. The van der Waals surface area contributed by atoms with Gasteiger partial charge < -0.3 is 0 Å². The van der Waals surface area contributed by atoms with E-state index in [9.17, 15) is 4.79 Å². The molecule has 0 N–H and O–H groups in total. The lowest BCUT2D eigenvalue weighted by Crippen LogP contribution is -2.30. The normalized spacial score (nSPS) is 12.7. The number of thiophene rings is 1. The number of rotatable bonds is 4. The first-order chi connectivity index (χ1) is 8.52. The summed E-state index contributed by atoms with van der Waals surface area (Å²) in [6.45, 7) is 3.93. The first-order valence-corrected chi connectivity index (χ1v) is 7.06. The van der Waals surface area contributed by atoms with Crippen molar-refractivity contribution in [2.24, 2.45) is 5.92 Å². The van der Waals surface area contributed by atoms with E-state index in [1.54, 1.807) is 11.3 Å². The van der Waals surface area contributed by atoms with Crippen molar-refractivity contribution in [2.75, 3.05) is 14.1 Å². The zero-order valence-corrected chi connectivity index (χ0v) is 12.1. The van der Waals surface area contributed by atoms with Crippen LogP contribution in [-0.2, 0) is 4.79 Å². The Morgan fingerprint density at radius 3 is 2.42 bits per heavy atom. The van der Waals surface area contributed by atoms with E-state index < -0.39 is 0 Å². The van der Waals surface area contributed by atoms with Crippen LogP contribution in [-0.4, -0.2) is 24.8 Å². The summed E-state index contributed by atoms with van der Waals surface area (Å²) in [5.74, 6) is 0.333. The van der Waals surface area contributed by atoms with Gasteiger partial charge >= 0.3 is 0 Å². The largest absolute Gasteiger partial charge is 0.297 e. The summed E-state index contributed by atoms with van der Waals surface area (Å²) in [5, 5.41) is 3.32. The lowest BCUT2D eigenvalue weighted by Gasteiger charge is -2.24. The van der Waals surface area contributed by atoms with Gasteiger partial charge in [0.05, 0.1) is 6.04 Å². The van der Waals surface area contributed by atoms with Gasteiger partial charge in [-0.05, 0) is 36.5 Å². The maximum absolute atomic E-state index is 12.4. The molecule has 104 valence electrons. The van der Waals surface area contributed by atoms with Crippen LogP contribution in [0.1, 0.15) is 32.9 Å². The summed E-state index contributed by atoms with van der Waals surface area (Å²) in [6.07, 6.45) is 0. The third-order valence-electron chi connectivity index (χ3n) is 3.16. The molecule has 0 spiro atoms. The van der Waals surface area contributed by atoms with Gasteiger partial charge in [0.1, 0.15) is 0 Å². The zero-order chi connectivity index (χ0) is 13.3. The molecule has 0 fully saturated rings. The molecule has 2 aromatic rings. The van der Waals surface area contributed by atoms with E-state index in [2.05, 4.69) is 17.5 Å². The van der Waals surface area contributed by atoms with Crippen molar-refractivity contribution in [1.82, 2.24) is 4.90 Å². The Kier molecular flexibility index (Phi) is 5.27. The molecule has 0 amide bonds. The van der Waals surface area contributed by atoms with Gasteiger partial charge in [-0.25, -0.2) is 0 Å². The fraction of sp³-hybridized carbons (Fsp3) is 0.438. The van der Waals surface area contributed by atoms with E-state index in [-0.39, 0.29) is 25.2 Å². The number of hydrogen-bond acceptors (Lipinski definition) is 3. The van der Waals surface area contributed by atoms with E-state index >= 15 is 0 Å². The van der Waals surface area contributed by atoms with Crippen LogP contribution in [0.2, 0.25) is 0 Å². The highest BCUT2D eigenvalue weighted by Gasteiger charge is 2.27. The average Bonchev–Trinajstić information content (AvgIpc) is 2.73. The molecule has 0 radical (unpaired) electrons. The lowest BCUT2D eigenvalue weighted by atomic mass is 9.94. The minimum Gasteiger partial charge on any atom is -0.297 e. The van der Waals surface area contributed by atoms with Gasteiger partial charge in [0.15, 0.2) is 5.78 Å². The second kappa shape index (κ2) is 6.31. The third kappa shape index (κ3) is 3.04. The zero-order valence-electron chi connectivity index (χ0n) is 11.3. The molecule has 1 aromatic carbocycles. The molecule has 0 saturated carbocycles. The van der Waals surface area contributed by atoms with E-state index in [0.717, 1.165) is 5.56 Å². The number of benzene rings is 1. The standard InChI is InChI=1S/C15H19NOS.CH4/c1-10(2)15(17)14(16(3)4)12-9-18-13-8-6-5-7-11(12)13;/h5-10,14H,1-4H3;1H4. The van der Waals surface area contributed by atoms with E-state index in [4.69, 9.17) is 0 Å². The summed E-state index contributed by atoms with van der Waals surface area (Å²) in [5.41, 5.74) is 1.14. The fourth-order valence-electron chi connectivity index (χ4n) is 2.21. The number of fused-ring (bicyclic) bond motifs is 1. The molecule has 19 heavy (non-hydrogen) atoms. The topological polar surface area (TPSA) is 20.3 Å². The van der Waals surface area contributed by atoms with E-state index in [0.29, 0.717) is 0 Å². The van der Waals surface area contributed by atoms with Gasteiger partial charge in [-0.1, -0.05) is 39.5 Å². The first kappa shape index (κ1) is 15.9. The van der Waals surface area contributed by atoms with Gasteiger partial charge in [0, 0.05) is 10.6 Å². The molecule has 1 heterocycles. The maximum atomic E-state index is 12.4. The van der Waals surface area contributed by atoms with Gasteiger partial charge in [0.2, 0.25) is 0 Å². The molecular weight excluding hydrogens is 254 g/mol. The Labute approximate surface area is 120 Å². The van der Waals surface area contributed by atoms with Crippen LogP contribution in [0, 0.1) is 5.92 Å². The Bertz CT molecular complexity index is 557. The fourth-order valence-corrected chi connectivity index (χ4v) is 3.19. The van der Waals surface area contributed by atoms with Crippen molar-refractivity contribution < 1.29 is 4.79 Å². The van der Waals surface area contributed by atoms with Crippen LogP contribution >= 0.6 is 11.3 Å². The highest BCUT2D eigenvalue weighted by atomic mass is 32.1. The van der Waals surface area contributed by atoms with Gasteiger partial charge in [-0.15, -0.1) is 11.3 Å². The van der Waals surface area contributed by atoms with Crippen LogP contribution < -0.4 is 0 Å². The van der Waals surface area contributed by atoms with Crippen LogP contribution in [0.4, 0.5) is 0 Å². The Hall–Kier alpha value is -1.19. The summed E-state index contributed by atoms with van der Waals surface area (Å²) < 4.78 is 1.25. The van der Waals surface area contributed by atoms with E-state index in [1.165, 1.54) is 10.1 Å². The number of Topliss-reactive ketones (excluding diaryl/α,β-unsaturated/α-hetero) is 1. The highest BCUT2D eigenvalue weighted by Crippen LogP contribution is 2.33. The van der Waals surface area contributed by atoms with Crippen LogP contribution in [0.25, 0.3) is 10.1 Å². The van der Waals surface area contributed by atoms with Crippen molar-refractivity contribution >= 4 is 27.2 Å². The number of nitrogens with zero attached hydrogens (tertiary/aromatic N) is 1. The number of hydrogen-bond donors (Lipinski definition) is 0. The number of likely N-dealkylation sites (N-methyl/N-ethyl adjacent to an activating group) is 1. The molecule has 0 aliphatic carbocycles. The molecule has 1 unspecified atom stereocenters. The average molecular weight is 277 g/mol. The van der Waals surface area contributed by atoms with Crippen LogP contribution in [0.3, 0.4) is 0 Å². The highest BCUT2D eigenvalue weighted by molar-refractivity contribution is 7.17. The van der Waals surface area contributed by atoms with Gasteiger partial charge in [-0.2, -0.15) is 0 Å². The molecule has 0 aliphatic heterocycles. The monoisotopic (exact) mass is 277 g/mol. The van der Waals surface area contributed by atoms with Crippen molar-refractivity contribution in [3.8, 4) is 0 Å². The summed E-state index contributed by atoms with van der Waals surface area (Å²) in [6, 6.07) is 8.14. The molecule has 2 rings (SSSR count). The van der Waals surface area contributed by atoms with Gasteiger partial charge in [0.25, 0.3) is 0 Å². The molecule has 0 bridgehead atoms. The number of ketones is 1. The SMILES string of the molecule is C.CC(C)C(=O)C(c1csc2ccccc12)N(C)C. The molecule has 1 aromatic heterocycles. The number of carbonyl (C=O) groups is 1. The molecule has 2 nitrogen and oxygen atoms in total. The van der Waals surface area contributed by atoms with Crippen molar-refractivity contribution in [3.05, 3.63) is 35.2 Å². The minimum atomic E-state index is -0.138. The van der Waals surface area contributed by atoms with Crippen molar-refractivity contribution in [1.29, 1.82) is 0 Å². The Morgan fingerprint density at radius 1 is 1.21 bits per heavy atom. The smallest absolute Gasteiger partial charge is 0.157 e.